The number of carbonyl (C=O) groups is 1. The molecular weight excluding hydrogens is 117 g/mol. The number of rotatable bonds is 1. The van der Waals surface area contributed by atoms with Gasteiger partial charge in [-0.25, -0.2) is 0 Å². The Hall–Kier alpha value is -0.795. The van der Waals surface area contributed by atoms with E-state index in [1.165, 1.54) is 6.92 Å². The highest BCUT2D eigenvalue weighted by Crippen LogP contribution is 2.08. The summed E-state index contributed by atoms with van der Waals surface area (Å²) in [7, 11) is 1.85. The molecule has 0 aromatic heterocycles. The largest absolute Gasteiger partial charge is 0.385 e. The Bertz CT molecular complexity index is 166. The van der Waals surface area contributed by atoms with Crippen molar-refractivity contribution in [2.24, 2.45) is 5.16 Å². The van der Waals surface area contributed by atoms with E-state index in [1.54, 1.807) is 0 Å². The van der Waals surface area contributed by atoms with Crippen LogP contribution in [0.4, 0.5) is 0 Å². The van der Waals surface area contributed by atoms with Crippen LogP contribution in [0.5, 0.6) is 0 Å². The van der Waals surface area contributed by atoms with Crippen molar-refractivity contribution >= 4 is 19.2 Å². The number of hydrogen-bond acceptors (Lipinski definition) is 3. The van der Waals surface area contributed by atoms with E-state index in [4.69, 9.17) is 4.84 Å². The van der Waals surface area contributed by atoms with Gasteiger partial charge in [0.1, 0.15) is 0 Å². The van der Waals surface area contributed by atoms with E-state index in [9.17, 15) is 4.79 Å². The van der Waals surface area contributed by atoms with Crippen LogP contribution in [0.2, 0.25) is 0 Å². The van der Waals surface area contributed by atoms with Gasteiger partial charge < -0.3 is 4.84 Å². The molecule has 0 aromatic carbocycles. The van der Waals surface area contributed by atoms with Gasteiger partial charge in [-0.05, 0) is 6.92 Å². The fraction of sp³-hybridized carbons (Fsp3) is 0.600. The van der Waals surface area contributed by atoms with Crippen molar-refractivity contribution in [3.05, 3.63) is 0 Å². The summed E-state index contributed by atoms with van der Waals surface area (Å²) in [5.74, 6) is 0.0515. The van der Waals surface area contributed by atoms with Gasteiger partial charge in [-0.15, -0.1) is 5.16 Å². The Balaban J connectivity index is 2.47. The third kappa shape index (κ3) is 1.31. The summed E-state index contributed by atoms with van der Waals surface area (Å²) in [5.41, 5.74) is 0.898. The maximum absolute atomic E-state index is 10.6. The van der Waals surface area contributed by atoms with Crippen LogP contribution in [0.3, 0.4) is 0 Å². The van der Waals surface area contributed by atoms with E-state index in [0.29, 0.717) is 6.42 Å². The predicted octanol–water partition coefficient (Wildman–Crippen LogP) is -0.689. The Kier molecular flexibility index (Phi) is 1.55. The van der Waals surface area contributed by atoms with Crippen molar-refractivity contribution < 1.29 is 9.63 Å². The van der Waals surface area contributed by atoms with E-state index in [0.717, 1.165) is 5.61 Å². The fourth-order valence-electron chi connectivity index (χ4n) is 0.714. The molecule has 4 heteroatoms. The molecule has 0 bridgehead atoms. The Morgan fingerprint density at radius 1 is 2.00 bits per heavy atom. The third-order valence-electron chi connectivity index (χ3n) is 1.27. The first-order valence-corrected chi connectivity index (χ1v) is 2.90. The molecule has 0 radical (unpaired) electrons. The minimum Gasteiger partial charge on any atom is -0.385 e. The first kappa shape index (κ1) is 6.33. The Morgan fingerprint density at radius 3 is 2.89 bits per heavy atom. The average Bonchev–Trinajstić information content (AvgIpc) is 2.14. The molecule has 0 N–H and O–H groups in total. The lowest BCUT2D eigenvalue weighted by Crippen LogP contribution is -2.17. The second-order valence-corrected chi connectivity index (χ2v) is 2.24. The molecule has 0 saturated heterocycles. The van der Waals surface area contributed by atoms with Gasteiger partial charge in [-0.3, -0.25) is 4.79 Å². The number of carbonyl (C=O) groups excluding carboxylic acids is 1. The molecule has 0 aliphatic carbocycles. The molecule has 3 nitrogen and oxygen atoms in total. The zero-order valence-corrected chi connectivity index (χ0v) is 5.55. The van der Waals surface area contributed by atoms with Crippen molar-refractivity contribution in [2.75, 3.05) is 0 Å². The van der Waals surface area contributed by atoms with Gasteiger partial charge in [0, 0.05) is 12.0 Å². The van der Waals surface area contributed by atoms with E-state index < -0.39 is 0 Å². The number of nitrogens with zero attached hydrogens (tertiary/aromatic N) is 1. The highest BCUT2D eigenvalue weighted by Gasteiger charge is 2.21. The number of Topliss-reactive ketones (excluding diaryl/α,β-unsaturated/α-hetero) is 1. The first-order valence-electron chi connectivity index (χ1n) is 2.90. The Labute approximate surface area is 54.5 Å². The molecule has 0 fully saturated rings. The molecule has 9 heavy (non-hydrogen) atoms. The predicted molar refractivity (Wildman–Crippen MR) is 36.2 cm³/mol. The van der Waals surface area contributed by atoms with Crippen LogP contribution in [0, 0.1) is 0 Å². The van der Waals surface area contributed by atoms with Gasteiger partial charge in [0.05, 0.1) is 0 Å². The molecule has 1 aliphatic rings. The summed E-state index contributed by atoms with van der Waals surface area (Å²) in [6.45, 7) is 1.51. The van der Waals surface area contributed by atoms with Crippen LogP contribution in [0.25, 0.3) is 0 Å². The van der Waals surface area contributed by atoms with Crippen molar-refractivity contribution in [1.29, 1.82) is 0 Å². The second-order valence-electron chi connectivity index (χ2n) is 2.24. The minimum atomic E-state index is -0.301. The van der Waals surface area contributed by atoms with Crippen LogP contribution in [0.15, 0.2) is 5.16 Å². The van der Waals surface area contributed by atoms with Crippen molar-refractivity contribution in [2.45, 2.75) is 19.4 Å². The van der Waals surface area contributed by atoms with Gasteiger partial charge in [0.25, 0.3) is 0 Å². The second kappa shape index (κ2) is 2.21. The van der Waals surface area contributed by atoms with Crippen LogP contribution < -0.4 is 0 Å². The fourth-order valence-corrected chi connectivity index (χ4v) is 0.714. The van der Waals surface area contributed by atoms with Crippen LogP contribution in [0.1, 0.15) is 13.3 Å². The molecule has 1 atom stereocenters. The summed E-state index contributed by atoms with van der Waals surface area (Å²) in [4.78, 5) is 15.4. The summed E-state index contributed by atoms with van der Waals surface area (Å²) >= 11 is 0. The van der Waals surface area contributed by atoms with Gasteiger partial charge in [0.2, 0.25) is 0 Å². The zero-order chi connectivity index (χ0) is 6.85. The molecule has 48 valence electrons. The summed E-state index contributed by atoms with van der Waals surface area (Å²) in [5, 5.41) is 3.63. The van der Waals surface area contributed by atoms with Crippen molar-refractivity contribution in [3.8, 4) is 0 Å². The van der Waals surface area contributed by atoms with Gasteiger partial charge in [-0.1, -0.05) is 0 Å². The van der Waals surface area contributed by atoms with Crippen molar-refractivity contribution in [3.63, 3.8) is 0 Å². The molecule has 0 spiro atoms. The van der Waals surface area contributed by atoms with Gasteiger partial charge in [-0.2, -0.15) is 0 Å². The molecule has 0 saturated carbocycles. The van der Waals surface area contributed by atoms with E-state index >= 15 is 0 Å². The lowest BCUT2D eigenvalue weighted by atomic mass is 9.95. The maximum Gasteiger partial charge on any atom is 0.189 e. The molecule has 1 rings (SSSR count). The summed E-state index contributed by atoms with van der Waals surface area (Å²) in [6.07, 6.45) is 0.361. The standard InChI is InChI=1S/C5H8BNO2/c1-3(8)4-2-5(6)7-9-4/h4H,2,6H2,1H3. The number of oxime groups is 1. The molecule has 1 aliphatic heterocycles. The first-order chi connectivity index (χ1) is 4.20. The molecule has 1 heterocycles. The SMILES string of the molecule is BC1=NOC(C(C)=O)C1. The minimum absolute atomic E-state index is 0.0515. The number of hydrogen-bond donors (Lipinski definition) is 0. The maximum atomic E-state index is 10.6. The van der Waals surface area contributed by atoms with Gasteiger partial charge >= 0.3 is 0 Å². The normalized spacial score (nSPS) is 25.0. The van der Waals surface area contributed by atoms with Crippen LogP contribution in [-0.4, -0.2) is 25.3 Å². The van der Waals surface area contributed by atoms with Crippen LogP contribution in [-0.2, 0) is 9.63 Å². The van der Waals surface area contributed by atoms with Crippen LogP contribution >= 0.6 is 0 Å². The zero-order valence-electron chi connectivity index (χ0n) is 5.55. The lowest BCUT2D eigenvalue weighted by Gasteiger charge is -1.99. The van der Waals surface area contributed by atoms with E-state index in [2.05, 4.69) is 5.16 Å². The Morgan fingerprint density at radius 2 is 2.67 bits per heavy atom. The molecule has 1 unspecified atom stereocenters. The highest BCUT2D eigenvalue weighted by molar-refractivity contribution is 6.60. The van der Waals surface area contributed by atoms with Gasteiger partial charge in [0.15, 0.2) is 19.7 Å². The molecule has 0 aromatic rings. The summed E-state index contributed by atoms with van der Waals surface area (Å²) < 4.78 is 0. The number of ketones is 1. The molecule has 0 amide bonds. The van der Waals surface area contributed by atoms with E-state index in [1.807, 2.05) is 7.85 Å². The highest BCUT2D eigenvalue weighted by atomic mass is 16.6. The summed E-state index contributed by atoms with van der Waals surface area (Å²) in [6, 6.07) is 0. The smallest absolute Gasteiger partial charge is 0.189 e. The monoisotopic (exact) mass is 125 g/mol. The third-order valence-corrected chi connectivity index (χ3v) is 1.27. The quantitative estimate of drug-likeness (QED) is 0.435. The molecular formula is C5H8BNO2. The average molecular weight is 125 g/mol. The van der Waals surface area contributed by atoms with Crippen molar-refractivity contribution in [1.82, 2.24) is 0 Å². The topological polar surface area (TPSA) is 38.7 Å². The van der Waals surface area contributed by atoms with E-state index in [-0.39, 0.29) is 11.9 Å². The lowest BCUT2D eigenvalue weighted by molar-refractivity contribution is -0.126.